The Morgan fingerprint density at radius 3 is 2.63 bits per heavy atom. The fraction of sp³-hybridized carbons (Fsp3) is 0.625. The molecular formula is C16H25BrFN. The molecule has 1 nitrogen and oxygen atoms in total. The minimum absolute atomic E-state index is 0.102. The predicted molar refractivity (Wildman–Crippen MR) is 84.0 cm³/mol. The third kappa shape index (κ3) is 5.62. The zero-order valence-corrected chi connectivity index (χ0v) is 13.8. The Balaban J connectivity index is 2.77. The van der Waals surface area contributed by atoms with Crippen molar-refractivity contribution in [3.05, 3.63) is 34.1 Å². The van der Waals surface area contributed by atoms with E-state index < -0.39 is 0 Å². The van der Waals surface area contributed by atoms with Crippen LogP contribution in [0.25, 0.3) is 0 Å². The van der Waals surface area contributed by atoms with Crippen LogP contribution in [0.4, 0.5) is 4.39 Å². The lowest BCUT2D eigenvalue weighted by Gasteiger charge is -2.25. The first-order valence-electron chi connectivity index (χ1n) is 7.25. The average molecular weight is 330 g/mol. The molecule has 0 fully saturated rings. The summed E-state index contributed by atoms with van der Waals surface area (Å²) in [4.78, 5) is 0. The molecule has 0 aliphatic heterocycles. The maximum absolute atomic E-state index is 13.9. The largest absolute Gasteiger partial charge is 0.313 e. The topological polar surface area (TPSA) is 12.0 Å². The summed E-state index contributed by atoms with van der Waals surface area (Å²) >= 11 is 3.42. The van der Waals surface area contributed by atoms with Crippen molar-refractivity contribution >= 4 is 15.9 Å². The first-order valence-corrected chi connectivity index (χ1v) is 8.05. The van der Waals surface area contributed by atoms with Crippen molar-refractivity contribution in [2.45, 2.75) is 52.5 Å². The van der Waals surface area contributed by atoms with Crippen LogP contribution in [0.2, 0.25) is 0 Å². The van der Waals surface area contributed by atoms with E-state index in [1.165, 1.54) is 12.8 Å². The predicted octanol–water partition coefficient (Wildman–Crippen LogP) is 4.94. The Kier molecular flexibility index (Phi) is 7.62. The van der Waals surface area contributed by atoms with E-state index in [4.69, 9.17) is 0 Å². The quantitative estimate of drug-likeness (QED) is 0.712. The van der Waals surface area contributed by atoms with Gasteiger partial charge in [-0.3, -0.25) is 0 Å². The number of hydrogen-bond acceptors (Lipinski definition) is 1. The van der Waals surface area contributed by atoms with Gasteiger partial charge in [0.1, 0.15) is 5.82 Å². The van der Waals surface area contributed by atoms with Crippen LogP contribution >= 0.6 is 15.9 Å². The third-order valence-electron chi connectivity index (χ3n) is 3.54. The second-order valence-electron chi connectivity index (χ2n) is 5.27. The van der Waals surface area contributed by atoms with Crippen molar-refractivity contribution in [3.63, 3.8) is 0 Å². The Morgan fingerprint density at radius 1 is 1.26 bits per heavy atom. The molecule has 0 radical (unpaired) electrons. The van der Waals surface area contributed by atoms with E-state index in [1.807, 2.05) is 6.07 Å². The lowest BCUT2D eigenvalue weighted by atomic mass is 9.91. The van der Waals surface area contributed by atoms with Gasteiger partial charge in [-0.2, -0.15) is 0 Å². The summed E-state index contributed by atoms with van der Waals surface area (Å²) < 4.78 is 14.8. The number of halogens is 2. The first kappa shape index (κ1) is 16.6. The van der Waals surface area contributed by atoms with Crippen molar-refractivity contribution in [1.29, 1.82) is 0 Å². The van der Waals surface area contributed by atoms with E-state index in [1.54, 1.807) is 12.1 Å². The Hall–Kier alpha value is -0.410. The average Bonchev–Trinajstić information content (AvgIpc) is 2.38. The highest BCUT2D eigenvalue weighted by Gasteiger charge is 2.18. The van der Waals surface area contributed by atoms with Gasteiger partial charge in [0.15, 0.2) is 0 Å². The molecule has 1 N–H and O–H groups in total. The standard InChI is InChI=1S/C16H25BrFN/c1-4-6-12(3)16(19-9-5-2)11-13-10-14(17)7-8-15(13)18/h7-8,10,12,16,19H,4-6,9,11H2,1-3H3. The van der Waals surface area contributed by atoms with Crippen LogP contribution in [0.5, 0.6) is 0 Å². The summed E-state index contributed by atoms with van der Waals surface area (Å²) in [5.41, 5.74) is 0.797. The van der Waals surface area contributed by atoms with Crippen LogP contribution in [0.15, 0.2) is 22.7 Å². The fourth-order valence-corrected chi connectivity index (χ4v) is 2.81. The summed E-state index contributed by atoms with van der Waals surface area (Å²) in [6, 6.07) is 5.54. The number of rotatable bonds is 8. The highest BCUT2D eigenvalue weighted by atomic mass is 79.9. The molecule has 0 bridgehead atoms. The molecule has 0 amide bonds. The zero-order valence-electron chi connectivity index (χ0n) is 12.2. The van der Waals surface area contributed by atoms with Gasteiger partial charge in [-0.05, 0) is 55.5 Å². The Morgan fingerprint density at radius 2 is 2.00 bits per heavy atom. The monoisotopic (exact) mass is 329 g/mol. The van der Waals surface area contributed by atoms with Gasteiger partial charge < -0.3 is 5.32 Å². The molecule has 0 heterocycles. The van der Waals surface area contributed by atoms with Crippen molar-refractivity contribution < 1.29 is 4.39 Å². The van der Waals surface area contributed by atoms with Gasteiger partial charge in [0.25, 0.3) is 0 Å². The minimum atomic E-state index is -0.102. The SMILES string of the molecule is CCCNC(Cc1cc(Br)ccc1F)C(C)CCC. The number of nitrogens with one attached hydrogen (secondary N) is 1. The van der Waals surface area contributed by atoms with Crippen molar-refractivity contribution in [1.82, 2.24) is 5.32 Å². The molecule has 0 aliphatic carbocycles. The first-order chi connectivity index (χ1) is 9.08. The summed E-state index contributed by atoms with van der Waals surface area (Å²) in [5, 5.41) is 3.57. The molecule has 19 heavy (non-hydrogen) atoms. The van der Waals surface area contributed by atoms with Crippen LogP contribution in [0, 0.1) is 11.7 Å². The van der Waals surface area contributed by atoms with Gasteiger partial charge in [0, 0.05) is 10.5 Å². The molecule has 1 aromatic carbocycles. The smallest absolute Gasteiger partial charge is 0.126 e. The fourth-order valence-electron chi connectivity index (χ4n) is 2.40. The van der Waals surface area contributed by atoms with E-state index in [0.717, 1.165) is 29.4 Å². The van der Waals surface area contributed by atoms with Gasteiger partial charge >= 0.3 is 0 Å². The maximum atomic E-state index is 13.9. The molecule has 2 atom stereocenters. The summed E-state index contributed by atoms with van der Waals surface area (Å²) in [5.74, 6) is 0.463. The van der Waals surface area contributed by atoms with Gasteiger partial charge in [-0.1, -0.05) is 43.1 Å². The molecule has 3 heteroatoms. The van der Waals surface area contributed by atoms with Crippen molar-refractivity contribution in [3.8, 4) is 0 Å². The molecule has 1 rings (SSSR count). The molecule has 0 saturated heterocycles. The molecule has 0 spiro atoms. The third-order valence-corrected chi connectivity index (χ3v) is 4.03. The van der Waals surface area contributed by atoms with Gasteiger partial charge in [-0.15, -0.1) is 0 Å². The van der Waals surface area contributed by atoms with E-state index in [0.29, 0.717) is 12.0 Å². The molecule has 0 saturated carbocycles. The molecule has 1 aromatic rings. The zero-order chi connectivity index (χ0) is 14.3. The van der Waals surface area contributed by atoms with Gasteiger partial charge in [-0.25, -0.2) is 4.39 Å². The van der Waals surface area contributed by atoms with Gasteiger partial charge in [0.2, 0.25) is 0 Å². The molecule has 108 valence electrons. The van der Waals surface area contributed by atoms with E-state index in [-0.39, 0.29) is 5.82 Å². The number of hydrogen-bond donors (Lipinski definition) is 1. The van der Waals surface area contributed by atoms with Crippen molar-refractivity contribution in [2.24, 2.45) is 5.92 Å². The van der Waals surface area contributed by atoms with E-state index in [2.05, 4.69) is 42.0 Å². The molecule has 0 aliphatic rings. The van der Waals surface area contributed by atoms with Crippen LogP contribution < -0.4 is 5.32 Å². The second kappa shape index (κ2) is 8.70. The summed E-state index contributed by atoms with van der Waals surface area (Å²) in [6.07, 6.45) is 4.21. The highest BCUT2D eigenvalue weighted by molar-refractivity contribution is 9.10. The summed E-state index contributed by atoms with van der Waals surface area (Å²) in [7, 11) is 0. The number of benzene rings is 1. The van der Waals surface area contributed by atoms with E-state index in [9.17, 15) is 4.39 Å². The molecular weight excluding hydrogens is 305 g/mol. The Labute approximate surface area is 125 Å². The highest BCUT2D eigenvalue weighted by Crippen LogP contribution is 2.20. The van der Waals surface area contributed by atoms with Crippen LogP contribution in [-0.4, -0.2) is 12.6 Å². The maximum Gasteiger partial charge on any atom is 0.126 e. The van der Waals surface area contributed by atoms with E-state index >= 15 is 0 Å². The van der Waals surface area contributed by atoms with Gasteiger partial charge in [0.05, 0.1) is 0 Å². The van der Waals surface area contributed by atoms with Crippen LogP contribution in [-0.2, 0) is 6.42 Å². The normalized spacial score (nSPS) is 14.4. The molecule has 2 unspecified atom stereocenters. The van der Waals surface area contributed by atoms with Crippen molar-refractivity contribution in [2.75, 3.05) is 6.54 Å². The lowest BCUT2D eigenvalue weighted by Crippen LogP contribution is -2.37. The van der Waals surface area contributed by atoms with Crippen LogP contribution in [0.1, 0.15) is 45.6 Å². The van der Waals surface area contributed by atoms with Crippen LogP contribution in [0.3, 0.4) is 0 Å². The Bertz CT molecular complexity index is 381. The lowest BCUT2D eigenvalue weighted by molar-refractivity contribution is 0.349. The second-order valence-corrected chi connectivity index (χ2v) is 6.18. The summed E-state index contributed by atoms with van der Waals surface area (Å²) in [6.45, 7) is 7.61. The minimum Gasteiger partial charge on any atom is -0.313 e. The molecule has 0 aromatic heterocycles.